The van der Waals surface area contributed by atoms with Crippen molar-refractivity contribution in [2.45, 2.75) is 19.3 Å². The van der Waals surface area contributed by atoms with Gasteiger partial charge < -0.3 is 15.2 Å². The van der Waals surface area contributed by atoms with Crippen LogP contribution >= 0.6 is 0 Å². The molecular weight excluding hydrogens is 276 g/mol. The molecule has 112 valence electrons. The smallest absolute Gasteiger partial charge is 0.272 e. The molecule has 1 fully saturated rings. The molecule has 22 heavy (non-hydrogen) atoms. The summed E-state index contributed by atoms with van der Waals surface area (Å²) in [4.78, 5) is 17.4. The standard InChI is InChI=1S/C17H18N4O/c18-12-13-8-9-15(19-13)17(22)20-14-6-2-3-7-16(14)21-10-4-1-5-11-21/h2-3,6-9,19H,1,4-5,10-11H2,(H,20,22). The number of rotatable bonds is 3. The van der Waals surface area contributed by atoms with Gasteiger partial charge in [-0.3, -0.25) is 4.79 Å². The van der Waals surface area contributed by atoms with Gasteiger partial charge in [0.2, 0.25) is 0 Å². The van der Waals surface area contributed by atoms with Crippen molar-refractivity contribution in [1.29, 1.82) is 5.26 Å². The Morgan fingerprint density at radius 1 is 1.14 bits per heavy atom. The Hall–Kier alpha value is -2.74. The number of hydrogen-bond acceptors (Lipinski definition) is 3. The third-order valence-corrected chi connectivity index (χ3v) is 3.90. The number of nitrogens with zero attached hydrogens (tertiary/aromatic N) is 2. The van der Waals surface area contributed by atoms with Crippen LogP contribution in [0.5, 0.6) is 0 Å². The number of nitrogens with one attached hydrogen (secondary N) is 2. The van der Waals surface area contributed by atoms with Crippen molar-refractivity contribution in [2.75, 3.05) is 23.3 Å². The summed E-state index contributed by atoms with van der Waals surface area (Å²) in [5.41, 5.74) is 2.64. The number of piperidine rings is 1. The van der Waals surface area contributed by atoms with Gasteiger partial charge in [-0.1, -0.05) is 12.1 Å². The van der Waals surface area contributed by atoms with E-state index in [-0.39, 0.29) is 5.91 Å². The summed E-state index contributed by atoms with van der Waals surface area (Å²) in [6, 6.07) is 13.1. The number of H-pyrrole nitrogens is 1. The highest BCUT2D eigenvalue weighted by atomic mass is 16.1. The van der Waals surface area contributed by atoms with Gasteiger partial charge in [0.25, 0.3) is 5.91 Å². The summed E-state index contributed by atoms with van der Waals surface area (Å²) in [5, 5.41) is 11.8. The summed E-state index contributed by atoms with van der Waals surface area (Å²) in [6.45, 7) is 2.04. The van der Waals surface area contributed by atoms with Gasteiger partial charge in [-0.25, -0.2) is 0 Å². The average Bonchev–Trinajstić information content (AvgIpc) is 3.05. The highest BCUT2D eigenvalue weighted by molar-refractivity contribution is 6.04. The number of carbonyl (C=O) groups is 1. The molecule has 0 unspecified atom stereocenters. The molecule has 0 spiro atoms. The first-order chi connectivity index (χ1) is 10.8. The zero-order valence-electron chi connectivity index (χ0n) is 12.3. The van der Waals surface area contributed by atoms with Gasteiger partial charge in [-0.15, -0.1) is 0 Å². The van der Waals surface area contributed by atoms with Crippen LogP contribution in [-0.4, -0.2) is 24.0 Å². The van der Waals surface area contributed by atoms with E-state index in [1.54, 1.807) is 12.1 Å². The second-order valence-corrected chi connectivity index (χ2v) is 5.42. The minimum atomic E-state index is -0.231. The van der Waals surface area contributed by atoms with E-state index in [9.17, 15) is 4.79 Å². The second-order valence-electron chi connectivity index (χ2n) is 5.42. The van der Waals surface area contributed by atoms with E-state index in [0.29, 0.717) is 11.4 Å². The number of nitriles is 1. The molecule has 5 heteroatoms. The topological polar surface area (TPSA) is 71.9 Å². The van der Waals surface area contributed by atoms with Crippen molar-refractivity contribution in [1.82, 2.24) is 4.98 Å². The molecule has 2 N–H and O–H groups in total. The van der Waals surface area contributed by atoms with Crippen LogP contribution in [0.25, 0.3) is 0 Å². The molecule has 0 saturated carbocycles. The van der Waals surface area contributed by atoms with Crippen LogP contribution in [0.15, 0.2) is 36.4 Å². The lowest BCUT2D eigenvalue weighted by Gasteiger charge is -2.30. The average molecular weight is 294 g/mol. The van der Waals surface area contributed by atoms with Gasteiger partial charge in [0, 0.05) is 13.1 Å². The Morgan fingerprint density at radius 3 is 2.64 bits per heavy atom. The molecule has 2 heterocycles. The number of para-hydroxylation sites is 2. The lowest BCUT2D eigenvalue weighted by molar-refractivity contribution is 0.102. The molecule has 1 aliphatic rings. The highest BCUT2D eigenvalue weighted by Crippen LogP contribution is 2.28. The van der Waals surface area contributed by atoms with E-state index in [1.807, 2.05) is 30.3 Å². The van der Waals surface area contributed by atoms with Crippen molar-refractivity contribution in [3.05, 3.63) is 47.8 Å². The van der Waals surface area contributed by atoms with Crippen LogP contribution in [0.1, 0.15) is 35.4 Å². The van der Waals surface area contributed by atoms with Crippen LogP contribution < -0.4 is 10.2 Å². The number of hydrogen-bond donors (Lipinski definition) is 2. The molecule has 1 aromatic heterocycles. The van der Waals surface area contributed by atoms with E-state index in [0.717, 1.165) is 24.5 Å². The monoisotopic (exact) mass is 294 g/mol. The molecule has 0 radical (unpaired) electrons. The molecule has 2 aromatic rings. The van der Waals surface area contributed by atoms with Crippen LogP contribution in [0.3, 0.4) is 0 Å². The van der Waals surface area contributed by atoms with E-state index < -0.39 is 0 Å². The maximum absolute atomic E-state index is 12.3. The molecule has 0 atom stereocenters. The van der Waals surface area contributed by atoms with Crippen LogP contribution in [0.2, 0.25) is 0 Å². The molecule has 1 aliphatic heterocycles. The van der Waals surface area contributed by atoms with Crippen molar-refractivity contribution < 1.29 is 4.79 Å². The Kier molecular flexibility index (Phi) is 4.10. The maximum atomic E-state index is 12.3. The Morgan fingerprint density at radius 2 is 1.91 bits per heavy atom. The summed E-state index contributed by atoms with van der Waals surface area (Å²) >= 11 is 0. The SMILES string of the molecule is N#Cc1ccc(C(=O)Nc2ccccc2N2CCCCC2)[nH]1. The van der Waals surface area contributed by atoms with Gasteiger partial charge in [0.15, 0.2) is 0 Å². The maximum Gasteiger partial charge on any atom is 0.272 e. The van der Waals surface area contributed by atoms with Crippen molar-refractivity contribution in [3.8, 4) is 6.07 Å². The molecule has 0 bridgehead atoms. The molecule has 1 amide bonds. The summed E-state index contributed by atoms with van der Waals surface area (Å²) < 4.78 is 0. The van der Waals surface area contributed by atoms with Gasteiger partial charge in [0.05, 0.1) is 11.4 Å². The van der Waals surface area contributed by atoms with Gasteiger partial charge in [-0.2, -0.15) is 5.26 Å². The third-order valence-electron chi connectivity index (χ3n) is 3.90. The van der Waals surface area contributed by atoms with E-state index in [1.165, 1.54) is 19.3 Å². The zero-order chi connectivity index (χ0) is 15.4. The highest BCUT2D eigenvalue weighted by Gasteiger charge is 2.16. The van der Waals surface area contributed by atoms with Gasteiger partial charge in [0.1, 0.15) is 17.5 Å². The third kappa shape index (κ3) is 2.96. The fourth-order valence-corrected chi connectivity index (χ4v) is 2.77. The molecule has 3 rings (SSSR count). The first kappa shape index (κ1) is 14.2. The van der Waals surface area contributed by atoms with Gasteiger partial charge in [-0.05, 0) is 43.5 Å². The summed E-state index contributed by atoms with van der Waals surface area (Å²) in [7, 11) is 0. The quantitative estimate of drug-likeness (QED) is 0.913. The summed E-state index contributed by atoms with van der Waals surface area (Å²) in [6.07, 6.45) is 3.64. The second kappa shape index (κ2) is 6.35. The zero-order valence-corrected chi connectivity index (χ0v) is 12.3. The number of amides is 1. The largest absolute Gasteiger partial charge is 0.370 e. The minimum absolute atomic E-state index is 0.231. The lowest BCUT2D eigenvalue weighted by atomic mass is 10.1. The van der Waals surface area contributed by atoms with E-state index in [4.69, 9.17) is 5.26 Å². The molecule has 0 aliphatic carbocycles. The van der Waals surface area contributed by atoms with Crippen molar-refractivity contribution in [2.24, 2.45) is 0 Å². The normalized spacial score (nSPS) is 14.4. The van der Waals surface area contributed by atoms with Gasteiger partial charge >= 0.3 is 0 Å². The lowest BCUT2D eigenvalue weighted by Crippen LogP contribution is -2.30. The number of aromatic amines is 1. The molecule has 1 aromatic carbocycles. The van der Waals surface area contributed by atoms with E-state index >= 15 is 0 Å². The number of anilines is 2. The predicted octanol–water partition coefficient (Wildman–Crippen LogP) is 3.13. The fourth-order valence-electron chi connectivity index (χ4n) is 2.77. The van der Waals surface area contributed by atoms with Crippen LogP contribution in [0, 0.1) is 11.3 Å². The van der Waals surface area contributed by atoms with Crippen LogP contribution in [0.4, 0.5) is 11.4 Å². The molecular formula is C17H18N4O. The van der Waals surface area contributed by atoms with Crippen molar-refractivity contribution in [3.63, 3.8) is 0 Å². The Balaban J connectivity index is 1.80. The first-order valence-electron chi connectivity index (χ1n) is 7.52. The summed E-state index contributed by atoms with van der Waals surface area (Å²) in [5.74, 6) is -0.231. The van der Waals surface area contributed by atoms with Crippen LogP contribution in [-0.2, 0) is 0 Å². The number of aromatic nitrogens is 1. The number of benzene rings is 1. The fraction of sp³-hybridized carbons (Fsp3) is 0.294. The van der Waals surface area contributed by atoms with E-state index in [2.05, 4.69) is 15.2 Å². The van der Waals surface area contributed by atoms with Crippen molar-refractivity contribution >= 4 is 17.3 Å². The minimum Gasteiger partial charge on any atom is -0.370 e. The number of carbonyl (C=O) groups excluding carboxylic acids is 1. The first-order valence-corrected chi connectivity index (χ1v) is 7.52. The molecule has 5 nitrogen and oxygen atoms in total. The predicted molar refractivity (Wildman–Crippen MR) is 86.0 cm³/mol. The Labute approximate surface area is 129 Å². The molecule has 1 saturated heterocycles. The Bertz CT molecular complexity index is 707.